The second-order valence-electron chi connectivity index (χ2n) is 11.5. The molecule has 4 rings (SSSR count). The van der Waals surface area contributed by atoms with Gasteiger partial charge in [-0.3, -0.25) is 9.59 Å². The van der Waals surface area contributed by atoms with Gasteiger partial charge in [0.25, 0.3) is 0 Å². The van der Waals surface area contributed by atoms with E-state index in [1.807, 2.05) is 0 Å². The summed E-state index contributed by atoms with van der Waals surface area (Å²) in [7, 11) is 0. The van der Waals surface area contributed by atoms with E-state index in [9.17, 15) is 24.2 Å². The highest BCUT2D eigenvalue weighted by Gasteiger charge is 2.60. The number of fused-ring (bicyclic) bond motifs is 2. The lowest BCUT2D eigenvalue weighted by molar-refractivity contribution is -0.124. The average molecular weight is 569 g/mol. The van der Waals surface area contributed by atoms with Crippen LogP contribution in [0.2, 0.25) is 10.0 Å². The van der Waals surface area contributed by atoms with Crippen molar-refractivity contribution in [2.24, 2.45) is 5.41 Å². The standard InChI is InChI=1S/C23H24Cl2FN3O4.C5H12/c1-11(30)18(31)5-6-27-21(32)20-19(12-3-2-4-13(24)7-12)23(10-28-20)14-8-16(26)15(25)9-17(14)29-22(23)33;1-5(2,3)4/h2-4,7-9,11,18-20,28,30-31H,5-6,10H2,1H3,(H,27,32)(H,29,33);1-4H3/t11?,18?,19?,20-,23-;/m1./s1. The minimum Gasteiger partial charge on any atom is -0.391 e. The SMILES string of the molecule is CC(C)(C)C.CC(O)C(O)CCNC(=O)[C@@H]1NC[C@]2(C(=O)Nc3cc(Cl)c(F)cc32)C1c1cccc(Cl)c1. The van der Waals surface area contributed by atoms with Gasteiger partial charge in [-0.2, -0.15) is 0 Å². The zero-order valence-corrected chi connectivity index (χ0v) is 23.8. The molecule has 0 saturated carbocycles. The minimum absolute atomic E-state index is 0.0957. The summed E-state index contributed by atoms with van der Waals surface area (Å²) in [5.41, 5.74) is 0.718. The maximum absolute atomic E-state index is 14.5. The van der Waals surface area contributed by atoms with Crippen molar-refractivity contribution >= 4 is 40.7 Å². The number of aliphatic hydroxyl groups is 2. The van der Waals surface area contributed by atoms with Crippen molar-refractivity contribution in [3.63, 3.8) is 0 Å². The number of rotatable bonds is 6. The molecule has 2 aliphatic rings. The molecule has 1 saturated heterocycles. The van der Waals surface area contributed by atoms with Gasteiger partial charge in [-0.1, -0.05) is 63.0 Å². The van der Waals surface area contributed by atoms with Crippen LogP contribution in [-0.4, -0.2) is 53.4 Å². The van der Waals surface area contributed by atoms with E-state index in [2.05, 4.69) is 43.6 Å². The lowest BCUT2D eigenvalue weighted by Gasteiger charge is -2.31. The highest BCUT2D eigenvalue weighted by Crippen LogP contribution is 2.52. The predicted molar refractivity (Wildman–Crippen MR) is 148 cm³/mol. The van der Waals surface area contributed by atoms with Crippen LogP contribution in [-0.2, 0) is 15.0 Å². The molecule has 0 aliphatic carbocycles. The summed E-state index contributed by atoms with van der Waals surface area (Å²) in [6.07, 6.45) is -1.73. The van der Waals surface area contributed by atoms with Crippen molar-refractivity contribution in [3.05, 3.63) is 63.4 Å². The Labute approximate surface area is 233 Å². The smallest absolute Gasteiger partial charge is 0.237 e. The monoisotopic (exact) mass is 567 g/mol. The van der Waals surface area contributed by atoms with Crippen molar-refractivity contribution in [3.8, 4) is 0 Å². The number of anilines is 1. The van der Waals surface area contributed by atoms with Gasteiger partial charge < -0.3 is 26.2 Å². The Kier molecular flexibility index (Phi) is 9.48. The molecule has 2 aromatic rings. The van der Waals surface area contributed by atoms with Gasteiger partial charge >= 0.3 is 0 Å². The van der Waals surface area contributed by atoms with Gasteiger partial charge in [0, 0.05) is 29.7 Å². The van der Waals surface area contributed by atoms with Crippen molar-refractivity contribution in [1.82, 2.24) is 10.6 Å². The van der Waals surface area contributed by atoms with Crippen molar-refractivity contribution < 1.29 is 24.2 Å². The predicted octanol–water partition coefficient (Wildman–Crippen LogP) is 4.38. The van der Waals surface area contributed by atoms with E-state index >= 15 is 0 Å². The summed E-state index contributed by atoms with van der Waals surface area (Å²) in [6, 6.07) is 8.67. The van der Waals surface area contributed by atoms with E-state index in [4.69, 9.17) is 23.2 Å². The van der Waals surface area contributed by atoms with Crippen molar-refractivity contribution in [2.45, 2.75) is 70.6 Å². The Balaban J connectivity index is 0.000000732. The molecule has 38 heavy (non-hydrogen) atoms. The molecule has 10 heteroatoms. The van der Waals surface area contributed by atoms with E-state index in [-0.39, 0.29) is 36.3 Å². The number of halogens is 3. The van der Waals surface area contributed by atoms with E-state index in [1.54, 1.807) is 24.3 Å². The van der Waals surface area contributed by atoms with Crippen LogP contribution in [0.25, 0.3) is 0 Å². The molecule has 2 aliphatic heterocycles. The second-order valence-corrected chi connectivity index (χ2v) is 12.4. The third-order valence-corrected chi connectivity index (χ3v) is 6.97. The van der Waals surface area contributed by atoms with Gasteiger partial charge in [0.15, 0.2) is 0 Å². The summed E-state index contributed by atoms with van der Waals surface area (Å²) in [6.45, 7) is 10.4. The molecule has 0 radical (unpaired) electrons. The van der Waals surface area contributed by atoms with Crippen LogP contribution in [0, 0.1) is 11.2 Å². The van der Waals surface area contributed by atoms with Crippen LogP contribution in [0.1, 0.15) is 58.1 Å². The van der Waals surface area contributed by atoms with Crippen LogP contribution in [0.5, 0.6) is 0 Å². The third-order valence-electron chi connectivity index (χ3n) is 6.45. The summed E-state index contributed by atoms with van der Waals surface area (Å²) in [4.78, 5) is 26.5. The molecule has 0 aromatic heterocycles. The first-order valence-electron chi connectivity index (χ1n) is 12.6. The maximum atomic E-state index is 14.5. The Bertz CT molecular complexity index is 1180. The Morgan fingerprint density at radius 1 is 1.21 bits per heavy atom. The second kappa shape index (κ2) is 11.9. The van der Waals surface area contributed by atoms with Crippen LogP contribution in [0.15, 0.2) is 36.4 Å². The van der Waals surface area contributed by atoms with Crippen LogP contribution < -0.4 is 16.0 Å². The molecule has 2 heterocycles. The fourth-order valence-electron chi connectivity index (χ4n) is 4.76. The fourth-order valence-corrected chi connectivity index (χ4v) is 5.12. The highest BCUT2D eigenvalue weighted by atomic mass is 35.5. The van der Waals surface area contributed by atoms with Gasteiger partial charge in [0.1, 0.15) is 5.82 Å². The topological polar surface area (TPSA) is 111 Å². The minimum atomic E-state index is -1.26. The zero-order chi connectivity index (χ0) is 28.4. The molecule has 5 atom stereocenters. The lowest BCUT2D eigenvalue weighted by atomic mass is 9.68. The van der Waals surface area contributed by atoms with Crippen molar-refractivity contribution in [1.29, 1.82) is 0 Å². The van der Waals surface area contributed by atoms with Crippen LogP contribution in [0.4, 0.5) is 10.1 Å². The molecule has 7 nitrogen and oxygen atoms in total. The summed E-state index contributed by atoms with van der Waals surface area (Å²) in [5.74, 6) is -2.10. The first-order valence-corrected chi connectivity index (χ1v) is 13.3. The van der Waals surface area contributed by atoms with Gasteiger partial charge in [0.05, 0.1) is 28.7 Å². The van der Waals surface area contributed by atoms with E-state index in [1.165, 1.54) is 19.1 Å². The molecule has 2 amide bonds. The van der Waals surface area contributed by atoms with E-state index in [0.717, 1.165) is 0 Å². The summed E-state index contributed by atoms with van der Waals surface area (Å²) < 4.78 is 14.5. The molecule has 1 fully saturated rings. The van der Waals surface area contributed by atoms with E-state index in [0.29, 0.717) is 27.3 Å². The van der Waals surface area contributed by atoms with Gasteiger partial charge in [-0.15, -0.1) is 0 Å². The first-order chi connectivity index (χ1) is 17.6. The summed E-state index contributed by atoms with van der Waals surface area (Å²) >= 11 is 12.2. The normalized spacial score (nSPS) is 23.8. The third kappa shape index (κ3) is 6.66. The number of amides is 2. The van der Waals surface area contributed by atoms with Crippen LogP contribution >= 0.6 is 23.2 Å². The average Bonchev–Trinajstić information content (AvgIpc) is 3.32. The molecular weight excluding hydrogens is 532 g/mol. The largest absolute Gasteiger partial charge is 0.391 e. The quantitative estimate of drug-likeness (QED) is 0.356. The highest BCUT2D eigenvalue weighted by molar-refractivity contribution is 6.31. The maximum Gasteiger partial charge on any atom is 0.237 e. The molecule has 208 valence electrons. The van der Waals surface area contributed by atoms with Gasteiger partial charge in [-0.25, -0.2) is 4.39 Å². The zero-order valence-electron chi connectivity index (χ0n) is 22.2. The fraction of sp³-hybridized carbons (Fsp3) is 0.500. The summed E-state index contributed by atoms with van der Waals surface area (Å²) in [5, 5.41) is 28.3. The molecular formula is C28H36Cl2FN3O4. The molecule has 2 aromatic carbocycles. The van der Waals surface area contributed by atoms with Crippen molar-refractivity contribution in [2.75, 3.05) is 18.4 Å². The Hall–Kier alpha value is -2.23. The molecule has 1 spiro atoms. The Morgan fingerprint density at radius 3 is 2.47 bits per heavy atom. The number of carbonyl (C=O) groups is 2. The number of benzene rings is 2. The van der Waals surface area contributed by atoms with Gasteiger partial charge in [0.2, 0.25) is 11.8 Å². The van der Waals surface area contributed by atoms with E-state index < -0.39 is 35.4 Å². The lowest BCUT2D eigenvalue weighted by Crippen LogP contribution is -2.46. The number of hydrogen-bond acceptors (Lipinski definition) is 5. The number of hydrogen-bond donors (Lipinski definition) is 5. The number of carbonyl (C=O) groups excluding carboxylic acids is 2. The molecule has 0 bridgehead atoms. The molecule has 3 unspecified atom stereocenters. The van der Waals surface area contributed by atoms with Crippen LogP contribution in [0.3, 0.4) is 0 Å². The number of nitrogens with one attached hydrogen (secondary N) is 3. The van der Waals surface area contributed by atoms with Gasteiger partial charge in [-0.05, 0) is 54.2 Å². The Morgan fingerprint density at radius 2 is 1.87 bits per heavy atom. The first kappa shape index (κ1) is 30.3. The number of aliphatic hydroxyl groups excluding tert-OH is 2. The molecule has 5 N–H and O–H groups in total.